The predicted octanol–water partition coefficient (Wildman–Crippen LogP) is 1.18. The van der Waals surface area contributed by atoms with Crippen molar-refractivity contribution in [1.29, 1.82) is 0 Å². The molecule has 0 spiro atoms. The third kappa shape index (κ3) is 2.28. The highest BCUT2D eigenvalue weighted by Crippen LogP contribution is 2.52. The number of carbonyl (C=O) groups is 1. The number of pyridine rings is 1. The molecule has 1 saturated heterocycles. The Hall–Kier alpha value is -1.50. The normalized spacial score (nSPS) is 32.3. The molecule has 1 amide bonds. The van der Waals surface area contributed by atoms with Gasteiger partial charge < -0.3 is 0 Å². The Kier molecular flexibility index (Phi) is 3.40. The Balaban J connectivity index is 1.29. The number of amides is 1. The minimum absolute atomic E-state index is 0.431. The van der Waals surface area contributed by atoms with E-state index in [1.807, 2.05) is 6.07 Å². The van der Waals surface area contributed by atoms with E-state index in [1.54, 1.807) is 11.7 Å². The van der Waals surface area contributed by atoms with Gasteiger partial charge in [0.05, 0.1) is 5.56 Å². The highest BCUT2D eigenvalue weighted by Gasteiger charge is 2.57. The first-order valence-electron chi connectivity index (χ1n) is 9.16. The van der Waals surface area contributed by atoms with Crippen LogP contribution in [0.2, 0.25) is 0 Å². The summed E-state index contributed by atoms with van der Waals surface area (Å²) in [6.45, 7) is 3.06. The van der Waals surface area contributed by atoms with Gasteiger partial charge in [-0.3, -0.25) is 24.8 Å². The Bertz CT molecular complexity index is 675. The number of fused-ring (bicyclic) bond motifs is 2. The van der Waals surface area contributed by atoms with E-state index < -0.39 is 5.91 Å². The van der Waals surface area contributed by atoms with Crippen molar-refractivity contribution in [2.24, 2.45) is 5.92 Å². The topological polar surface area (TPSA) is 68.7 Å². The number of likely N-dealkylation sites (tertiary alicyclic amines) is 1. The van der Waals surface area contributed by atoms with Crippen molar-refractivity contribution in [2.45, 2.75) is 56.8 Å². The third-order valence-electron chi connectivity index (χ3n) is 6.45. The van der Waals surface area contributed by atoms with Crippen LogP contribution in [0.15, 0.2) is 12.3 Å². The average Bonchev–Trinajstić information content (AvgIpc) is 3.41. The van der Waals surface area contributed by atoms with Gasteiger partial charge >= 0.3 is 0 Å². The maximum atomic E-state index is 11.6. The van der Waals surface area contributed by atoms with E-state index in [2.05, 4.69) is 14.8 Å². The van der Waals surface area contributed by atoms with Crippen molar-refractivity contribution in [1.82, 2.24) is 20.3 Å². The second-order valence-corrected chi connectivity index (χ2v) is 7.81. The molecule has 24 heavy (non-hydrogen) atoms. The standard InChI is InChI=1S/C18H24N4O2/c23-18(20-24)11-7-12-9-21(6-5-15(12)19-8-11)10-17-14-3-4-16(14)22(17)13-1-2-13/h7-8,13-14,16-17,24H,1-6,9-10H2,(H,20,23). The first-order valence-corrected chi connectivity index (χ1v) is 9.16. The van der Waals surface area contributed by atoms with Gasteiger partial charge in [-0.15, -0.1) is 0 Å². The number of hydrogen-bond acceptors (Lipinski definition) is 5. The van der Waals surface area contributed by atoms with Crippen LogP contribution in [0.3, 0.4) is 0 Å². The van der Waals surface area contributed by atoms with E-state index >= 15 is 0 Å². The van der Waals surface area contributed by atoms with Crippen molar-refractivity contribution in [3.8, 4) is 0 Å². The number of piperidine rings is 1. The average molecular weight is 328 g/mol. The molecule has 0 radical (unpaired) electrons. The van der Waals surface area contributed by atoms with E-state index in [0.29, 0.717) is 5.56 Å². The highest BCUT2D eigenvalue weighted by molar-refractivity contribution is 5.93. The molecular weight excluding hydrogens is 304 g/mol. The molecule has 3 unspecified atom stereocenters. The molecule has 3 atom stereocenters. The first kappa shape index (κ1) is 14.8. The smallest absolute Gasteiger partial charge is 0.276 e. The molecule has 3 heterocycles. The van der Waals surface area contributed by atoms with Crippen molar-refractivity contribution in [3.63, 3.8) is 0 Å². The van der Waals surface area contributed by atoms with Gasteiger partial charge in [-0.05, 0) is 43.2 Å². The second kappa shape index (κ2) is 5.51. The van der Waals surface area contributed by atoms with Crippen LogP contribution in [0.4, 0.5) is 0 Å². The van der Waals surface area contributed by atoms with Crippen LogP contribution in [0.5, 0.6) is 0 Å². The molecule has 6 heteroatoms. The molecule has 128 valence electrons. The zero-order chi connectivity index (χ0) is 16.3. The molecule has 6 nitrogen and oxygen atoms in total. The quantitative estimate of drug-likeness (QED) is 0.642. The number of carbonyl (C=O) groups excluding carboxylic acids is 1. The molecule has 3 fully saturated rings. The summed E-state index contributed by atoms with van der Waals surface area (Å²) >= 11 is 0. The van der Waals surface area contributed by atoms with Crippen molar-refractivity contribution < 1.29 is 10.0 Å². The van der Waals surface area contributed by atoms with Gasteiger partial charge in [-0.1, -0.05) is 0 Å². The Labute approximate surface area is 141 Å². The lowest BCUT2D eigenvalue weighted by atomic mass is 9.65. The van der Waals surface area contributed by atoms with E-state index in [9.17, 15) is 4.79 Å². The number of rotatable bonds is 4. The molecule has 4 aliphatic rings. The fraction of sp³-hybridized carbons (Fsp3) is 0.667. The van der Waals surface area contributed by atoms with Gasteiger partial charge in [0, 0.05) is 56.1 Å². The lowest BCUT2D eigenvalue weighted by Crippen LogP contribution is -2.72. The van der Waals surface area contributed by atoms with Crippen molar-refractivity contribution in [2.75, 3.05) is 13.1 Å². The summed E-state index contributed by atoms with van der Waals surface area (Å²) in [6, 6.07) is 4.39. The summed E-state index contributed by atoms with van der Waals surface area (Å²) in [7, 11) is 0. The molecule has 5 rings (SSSR count). The van der Waals surface area contributed by atoms with E-state index in [1.165, 1.54) is 25.7 Å². The van der Waals surface area contributed by atoms with Gasteiger partial charge in [0.25, 0.3) is 5.91 Å². The molecule has 1 aromatic heterocycles. The van der Waals surface area contributed by atoms with Crippen LogP contribution in [-0.4, -0.2) is 57.1 Å². The summed E-state index contributed by atoms with van der Waals surface area (Å²) in [5.74, 6) is 0.440. The van der Waals surface area contributed by atoms with Crippen LogP contribution >= 0.6 is 0 Å². The number of hydrogen-bond donors (Lipinski definition) is 2. The number of nitrogens with zero attached hydrogens (tertiary/aromatic N) is 3. The molecule has 2 aliphatic heterocycles. The maximum absolute atomic E-state index is 11.6. The zero-order valence-corrected chi connectivity index (χ0v) is 13.8. The number of nitrogens with one attached hydrogen (secondary N) is 1. The Morgan fingerprint density at radius 1 is 1.33 bits per heavy atom. The fourth-order valence-corrected chi connectivity index (χ4v) is 4.93. The molecular formula is C18H24N4O2. The molecule has 1 aromatic rings. The monoisotopic (exact) mass is 328 g/mol. The van der Waals surface area contributed by atoms with Gasteiger partial charge in [0.1, 0.15) is 0 Å². The fourth-order valence-electron chi connectivity index (χ4n) is 4.93. The summed E-state index contributed by atoms with van der Waals surface area (Å²) in [5, 5.41) is 8.81. The first-order chi connectivity index (χ1) is 11.7. The third-order valence-corrected chi connectivity index (χ3v) is 6.45. The van der Waals surface area contributed by atoms with Gasteiger partial charge in [0.2, 0.25) is 0 Å². The minimum atomic E-state index is -0.487. The lowest BCUT2D eigenvalue weighted by molar-refractivity contribution is -0.136. The largest absolute Gasteiger partial charge is 0.297 e. The maximum Gasteiger partial charge on any atom is 0.276 e. The van der Waals surface area contributed by atoms with Crippen molar-refractivity contribution in [3.05, 3.63) is 29.1 Å². The second-order valence-electron chi connectivity index (χ2n) is 7.81. The molecule has 2 N–H and O–H groups in total. The molecule has 0 aromatic carbocycles. The molecule has 2 saturated carbocycles. The SMILES string of the molecule is O=C(NO)c1cnc2c(c1)CN(CC1C3CCC3N1C1CC1)CC2. The lowest BCUT2D eigenvalue weighted by Gasteiger charge is -2.63. The van der Waals surface area contributed by atoms with Crippen LogP contribution < -0.4 is 5.48 Å². The summed E-state index contributed by atoms with van der Waals surface area (Å²) in [4.78, 5) is 21.4. The Morgan fingerprint density at radius 2 is 2.21 bits per heavy atom. The van der Waals surface area contributed by atoms with Crippen LogP contribution in [0, 0.1) is 5.92 Å². The summed E-state index contributed by atoms with van der Waals surface area (Å²) in [6.07, 6.45) is 8.11. The predicted molar refractivity (Wildman–Crippen MR) is 87.6 cm³/mol. The number of aromatic nitrogens is 1. The van der Waals surface area contributed by atoms with Crippen LogP contribution in [0.25, 0.3) is 0 Å². The van der Waals surface area contributed by atoms with Gasteiger partial charge in [-0.25, -0.2) is 5.48 Å². The zero-order valence-electron chi connectivity index (χ0n) is 13.8. The van der Waals surface area contributed by atoms with Gasteiger partial charge in [-0.2, -0.15) is 0 Å². The van der Waals surface area contributed by atoms with E-state index in [-0.39, 0.29) is 0 Å². The Morgan fingerprint density at radius 3 is 2.92 bits per heavy atom. The highest BCUT2D eigenvalue weighted by atomic mass is 16.5. The molecule has 0 bridgehead atoms. The summed E-state index contributed by atoms with van der Waals surface area (Å²) in [5.41, 5.74) is 4.35. The number of hydroxylamine groups is 1. The van der Waals surface area contributed by atoms with E-state index in [0.717, 1.165) is 61.4 Å². The summed E-state index contributed by atoms with van der Waals surface area (Å²) < 4.78 is 0. The van der Waals surface area contributed by atoms with Crippen LogP contribution in [-0.2, 0) is 13.0 Å². The van der Waals surface area contributed by atoms with Gasteiger partial charge in [0.15, 0.2) is 0 Å². The molecule has 2 aliphatic carbocycles. The minimum Gasteiger partial charge on any atom is -0.297 e. The van der Waals surface area contributed by atoms with Crippen LogP contribution in [0.1, 0.15) is 47.3 Å². The van der Waals surface area contributed by atoms with E-state index in [4.69, 9.17) is 5.21 Å². The van der Waals surface area contributed by atoms with Crippen molar-refractivity contribution >= 4 is 5.91 Å².